The van der Waals surface area contributed by atoms with E-state index in [1.807, 2.05) is 31.2 Å². The molecular weight excluding hydrogens is 255 g/mol. The zero-order chi connectivity index (χ0) is 14.1. The van der Waals surface area contributed by atoms with E-state index in [1.165, 1.54) is 6.07 Å². The molecule has 0 unspecified atom stereocenters. The van der Waals surface area contributed by atoms with Crippen molar-refractivity contribution in [2.45, 2.75) is 13.8 Å². The third kappa shape index (κ3) is 2.32. The van der Waals surface area contributed by atoms with Crippen molar-refractivity contribution in [3.05, 3.63) is 59.4 Å². The molecule has 0 saturated carbocycles. The van der Waals surface area contributed by atoms with E-state index in [0.29, 0.717) is 22.9 Å². The lowest BCUT2D eigenvalue weighted by molar-refractivity contribution is 0.581. The summed E-state index contributed by atoms with van der Waals surface area (Å²) >= 11 is 0. The molecule has 0 radical (unpaired) electrons. The van der Waals surface area contributed by atoms with Crippen molar-refractivity contribution in [3.63, 3.8) is 0 Å². The second kappa shape index (κ2) is 4.89. The maximum absolute atomic E-state index is 13.5. The monoisotopic (exact) mass is 268 g/mol. The Morgan fingerprint density at radius 1 is 0.850 bits per heavy atom. The first-order valence-corrected chi connectivity index (χ1v) is 6.30. The molecule has 0 fully saturated rings. The lowest BCUT2D eigenvalue weighted by Gasteiger charge is -1.98. The molecule has 3 rings (SSSR count). The van der Waals surface area contributed by atoms with Gasteiger partial charge in [0.15, 0.2) is 0 Å². The highest BCUT2D eigenvalue weighted by Gasteiger charge is 2.11. The standard InChI is InChI=1S/C16H13FN2O/c1-10-3-6-12(7-4-10)15-18-19-16(20-15)13-8-5-11(2)14(17)9-13/h3-9H,1-2H3. The average molecular weight is 268 g/mol. The largest absolute Gasteiger partial charge is 0.416 e. The normalized spacial score (nSPS) is 10.8. The van der Waals surface area contributed by atoms with Crippen LogP contribution in [0.3, 0.4) is 0 Å². The predicted octanol–water partition coefficient (Wildman–Crippen LogP) is 4.16. The molecule has 0 N–H and O–H groups in total. The molecule has 1 heterocycles. The number of rotatable bonds is 2. The van der Waals surface area contributed by atoms with Crippen LogP contribution in [0.2, 0.25) is 0 Å². The summed E-state index contributed by atoms with van der Waals surface area (Å²) in [6.45, 7) is 3.72. The van der Waals surface area contributed by atoms with Gasteiger partial charge in [-0.3, -0.25) is 0 Å². The summed E-state index contributed by atoms with van der Waals surface area (Å²) in [5.41, 5.74) is 3.18. The Kier molecular flexibility index (Phi) is 3.06. The number of nitrogens with zero attached hydrogens (tertiary/aromatic N) is 2. The second-order valence-corrected chi connectivity index (χ2v) is 4.74. The fraction of sp³-hybridized carbons (Fsp3) is 0.125. The molecule has 3 nitrogen and oxygen atoms in total. The van der Waals surface area contributed by atoms with Crippen molar-refractivity contribution in [1.82, 2.24) is 10.2 Å². The Bertz CT molecular complexity index is 747. The van der Waals surface area contributed by atoms with Gasteiger partial charge in [0.25, 0.3) is 0 Å². The predicted molar refractivity (Wildman–Crippen MR) is 74.6 cm³/mol. The highest BCUT2D eigenvalue weighted by molar-refractivity contribution is 5.58. The summed E-state index contributed by atoms with van der Waals surface area (Å²) in [6, 6.07) is 12.7. The van der Waals surface area contributed by atoms with Crippen LogP contribution in [0, 0.1) is 19.7 Å². The summed E-state index contributed by atoms with van der Waals surface area (Å²) < 4.78 is 19.2. The minimum atomic E-state index is -0.280. The first-order valence-electron chi connectivity index (χ1n) is 6.30. The van der Waals surface area contributed by atoms with Gasteiger partial charge in [-0.25, -0.2) is 4.39 Å². The number of benzene rings is 2. The Morgan fingerprint density at radius 3 is 2.10 bits per heavy atom. The minimum Gasteiger partial charge on any atom is -0.416 e. The van der Waals surface area contributed by atoms with Gasteiger partial charge in [0.05, 0.1) is 0 Å². The van der Waals surface area contributed by atoms with Crippen LogP contribution in [0.4, 0.5) is 4.39 Å². The van der Waals surface area contributed by atoms with Crippen LogP contribution in [-0.4, -0.2) is 10.2 Å². The van der Waals surface area contributed by atoms with Gasteiger partial charge in [-0.2, -0.15) is 0 Å². The smallest absolute Gasteiger partial charge is 0.248 e. The van der Waals surface area contributed by atoms with Crippen LogP contribution in [-0.2, 0) is 0 Å². The molecule has 4 heteroatoms. The molecule has 0 atom stereocenters. The van der Waals surface area contributed by atoms with E-state index >= 15 is 0 Å². The van der Waals surface area contributed by atoms with Crippen molar-refractivity contribution in [2.24, 2.45) is 0 Å². The van der Waals surface area contributed by atoms with Gasteiger partial charge in [0.1, 0.15) is 5.82 Å². The van der Waals surface area contributed by atoms with Gasteiger partial charge in [-0.05, 0) is 43.7 Å². The molecule has 1 aromatic heterocycles. The molecule has 0 aliphatic heterocycles. The molecular formula is C16H13FN2O. The molecule has 0 aliphatic carbocycles. The Labute approximate surface area is 116 Å². The number of aryl methyl sites for hydroxylation is 2. The fourth-order valence-electron chi connectivity index (χ4n) is 1.88. The Balaban J connectivity index is 1.97. The number of hydrogen-bond donors (Lipinski definition) is 0. The summed E-state index contributed by atoms with van der Waals surface area (Å²) in [5, 5.41) is 7.98. The molecule has 20 heavy (non-hydrogen) atoms. The van der Waals surface area contributed by atoms with Crippen LogP contribution < -0.4 is 0 Å². The first kappa shape index (κ1) is 12.5. The zero-order valence-corrected chi connectivity index (χ0v) is 11.2. The van der Waals surface area contributed by atoms with Crippen LogP contribution in [0.5, 0.6) is 0 Å². The quantitative estimate of drug-likeness (QED) is 0.700. The zero-order valence-electron chi connectivity index (χ0n) is 11.2. The third-order valence-electron chi connectivity index (χ3n) is 3.14. The summed E-state index contributed by atoms with van der Waals surface area (Å²) in [6.07, 6.45) is 0. The summed E-state index contributed by atoms with van der Waals surface area (Å²) in [7, 11) is 0. The van der Waals surface area contributed by atoms with Crippen LogP contribution in [0.1, 0.15) is 11.1 Å². The SMILES string of the molecule is Cc1ccc(-c2nnc(-c3ccc(C)c(F)c3)o2)cc1. The topological polar surface area (TPSA) is 38.9 Å². The fourth-order valence-corrected chi connectivity index (χ4v) is 1.88. The van der Waals surface area contributed by atoms with Crippen molar-refractivity contribution in [2.75, 3.05) is 0 Å². The molecule has 0 spiro atoms. The molecule has 2 aromatic carbocycles. The second-order valence-electron chi connectivity index (χ2n) is 4.74. The lowest BCUT2D eigenvalue weighted by atomic mass is 10.1. The number of aromatic nitrogens is 2. The molecule has 3 aromatic rings. The maximum Gasteiger partial charge on any atom is 0.248 e. The lowest BCUT2D eigenvalue weighted by Crippen LogP contribution is -1.84. The van der Waals surface area contributed by atoms with E-state index in [0.717, 1.165) is 11.1 Å². The average Bonchev–Trinajstić information content (AvgIpc) is 2.92. The van der Waals surface area contributed by atoms with Gasteiger partial charge in [-0.15, -0.1) is 10.2 Å². The maximum atomic E-state index is 13.5. The number of hydrogen-bond acceptors (Lipinski definition) is 3. The first-order chi connectivity index (χ1) is 9.63. The van der Waals surface area contributed by atoms with E-state index < -0.39 is 0 Å². The van der Waals surface area contributed by atoms with Crippen molar-refractivity contribution in [3.8, 4) is 22.9 Å². The molecule has 0 saturated heterocycles. The highest BCUT2D eigenvalue weighted by atomic mass is 19.1. The van der Waals surface area contributed by atoms with E-state index in [9.17, 15) is 4.39 Å². The van der Waals surface area contributed by atoms with Crippen molar-refractivity contribution in [1.29, 1.82) is 0 Å². The molecule has 0 bridgehead atoms. The van der Waals surface area contributed by atoms with Gasteiger partial charge < -0.3 is 4.42 Å². The van der Waals surface area contributed by atoms with E-state index in [1.54, 1.807) is 19.1 Å². The van der Waals surface area contributed by atoms with Crippen molar-refractivity contribution < 1.29 is 8.81 Å². The third-order valence-corrected chi connectivity index (χ3v) is 3.14. The molecule has 0 amide bonds. The Morgan fingerprint density at radius 2 is 1.45 bits per heavy atom. The van der Waals surface area contributed by atoms with Gasteiger partial charge in [0.2, 0.25) is 11.8 Å². The highest BCUT2D eigenvalue weighted by Crippen LogP contribution is 2.25. The molecule has 0 aliphatic rings. The summed E-state index contributed by atoms with van der Waals surface area (Å²) in [5.74, 6) is 0.470. The number of halogens is 1. The molecule has 100 valence electrons. The Hall–Kier alpha value is -2.49. The van der Waals surface area contributed by atoms with Gasteiger partial charge in [0, 0.05) is 11.1 Å². The van der Waals surface area contributed by atoms with Crippen molar-refractivity contribution >= 4 is 0 Å². The van der Waals surface area contributed by atoms with Gasteiger partial charge >= 0.3 is 0 Å². The summed E-state index contributed by atoms with van der Waals surface area (Å²) in [4.78, 5) is 0. The van der Waals surface area contributed by atoms with E-state index in [4.69, 9.17) is 4.42 Å². The minimum absolute atomic E-state index is 0.280. The van der Waals surface area contributed by atoms with Crippen LogP contribution in [0.15, 0.2) is 46.9 Å². The van der Waals surface area contributed by atoms with Crippen LogP contribution >= 0.6 is 0 Å². The van der Waals surface area contributed by atoms with Crippen LogP contribution in [0.25, 0.3) is 22.9 Å². The van der Waals surface area contributed by atoms with Gasteiger partial charge in [-0.1, -0.05) is 23.8 Å². The van der Waals surface area contributed by atoms with E-state index in [2.05, 4.69) is 10.2 Å². The van der Waals surface area contributed by atoms with E-state index in [-0.39, 0.29) is 5.82 Å².